The SMILES string of the molecule is Cc1cc(N2C(=S)N(c3ccc(C#N)c(C(F)(F)F)c3F)C(=O)C2(C)C)cnc1OCCOCCOCCOCC(=O)N[C@H](C(=O)N1C[C@H](O)C[C@H]1C(=O)NCc1ccc(-c2scnc2C)cc1)C(C)(C)C. The number of thiazole rings is 1. The minimum atomic E-state index is -5.21. The quantitative estimate of drug-likeness (QED) is 0.0527. The Morgan fingerprint density at radius 1 is 1.00 bits per heavy atom. The second kappa shape index (κ2) is 23.2. The van der Waals surface area contributed by atoms with Crippen molar-refractivity contribution in [3.8, 4) is 22.4 Å². The highest BCUT2D eigenvalue weighted by molar-refractivity contribution is 7.81. The number of likely N-dealkylation sites (tertiary alicyclic amines) is 1. The number of halogens is 4. The van der Waals surface area contributed by atoms with E-state index >= 15 is 4.39 Å². The van der Waals surface area contributed by atoms with Crippen LogP contribution in [0.25, 0.3) is 10.4 Å². The number of pyridine rings is 1. The van der Waals surface area contributed by atoms with Gasteiger partial charge < -0.3 is 44.5 Å². The van der Waals surface area contributed by atoms with Gasteiger partial charge in [0.05, 0.1) is 84.4 Å². The van der Waals surface area contributed by atoms with Crippen molar-refractivity contribution in [2.75, 3.05) is 62.6 Å². The fourth-order valence-corrected chi connectivity index (χ4v) is 9.48. The van der Waals surface area contributed by atoms with E-state index < -0.39 is 81.6 Å². The number of β-amino-alcohol motifs (C(OH)–C–C–N with tert-alkyl or cyclic N) is 1. The number of carbonyl (C=O) groups excluding carboxylic acids is 4. The number of amides is 4. The molecule has 6 rings (SSSR count). The van der Waals surface area contributed by atoms with E-state index in [1.165, 1.54) is 35.9 Å². The topological polar surface area (TPSA) is 209 Å². The Morgan fingerprint density at radius 3 is 2.25 bits per heavy atom. The zero-order chi connectivity index (χ0) is 52.7. The molecule has 3 atom stereocenters. The number of rotatable bonds is 20. The van der Waals surface area contributed by atoms with Gasteiger partial charge in [0.15, 0.2) is 10.9 Å². The maximum atomic E-state index is 15.4. The molecule has 386 valence electrons. The minimum Gasteiger partial charge on any atom is -0.475 e. The van der Waals surface area contributed by atoms with Crippen LogP contribution in [-0.2, 0) is 46.1 Å². The number of hydrogen-bond acceptors (Lipinski definition) is 14. The molecule has 0 bridgehead atoms. The highest BCUT2D eigenvalue weighted by atomic mass is 32.1. The highest BCUT2D eigenvalue weighted by Gasteiger charge is 2.52. The van der Waals surface area contributed by atoms with Gasteiger partial charge in [0.1, 0.15) is 36.4 Å². The Hall–Kier alpha value is -6.16. The van der Waals surface area contributed by atoms with Gasteiger partial charge in [0, 0.05) is 25.1 Å². The average molecular weight is 1040 g/mol. The first kappa shape index (κ1) is 55.2. The van der Waals surface area contributed by atoms with Crippen molar-refractivity contribution in [2.45, 2.75) is 91.3 Å². The maximum absolute atomic E-state index is 15.4. The van der Waals surface area contributed by atoms with Gasteiger partial charge in [-0.25, -0.2) is 14.4 Å². The summed E-state index contributed by atoms with van der Waals surface area (Å²) in [5.41, 5.74) is -0.252. The van der Waals surface area contributed by atoms with Gasteiger partial charge in [-0.05, 0) is 74.7 Å². The van der Waals surface area contributed by atoms with E-state index in [-0.39, 0.29) is 76.8 Å². The van der Waals surface area contributed by atoms with Crippen molar-refractivity contribution in [3.63, 3.8) is 0 Å². The molecule has 2 aromatic heterocycles. The molecule has 2 aliphatic heterocycles. The smallest absolute Gasteiger partial charge is 0.420 e. The summed E-state index contributed by atoms with van der Waals surface area (Å²) in [6, 6.07) is 10.5. The monoisotopic (exact) mass is 1040 g/mol. The van der Waals surface area contributed by atoms with E-state index in [0.29, 0.717) is 16.2 Å². The van der Waals surface area contributed by atoms with Crippen molar-refractivity contribution in [1.82, 2.24) is 25.5 Å². The second-order valence-corrected chi connectivity index (χ2v) is 19.9. The third-order valence-corrected chi connectivity index (χ3v) is 13.2. The molecular formula is C49H56F4N8O9S2. The molecule has 4 aromatic rings. The Morgan fingerprint density at radius 2 is 1.65 bits per heavy atom. The van der Waals surface area contributed by atoms with E-state index in [2.05, 4.69) is 20.6 Å². The van der Waals surface area contributed by atoms with Gasteiger partial charge in [-0.15, -0.1) is 11.3 Å². The van der Waals surface area contributed by atoms with E-state index in [1.54, 1.807) is 50.6 Å². The predicted octanol–water partition coefficient (Wildman–Crippen LogP) is 6.01. The molecule has 0 spiro atoms. The Balaban J connectivity index is 0.886. The van der Waals surface area contributed by atoms with E-state index in [1.807, 2.05) is 31.2 Å². The van der Waals surface area contributed by atoms with Crippen LogP contribution in [0.4, 0.5) is 28.9 Å². The van der Waals surface area contributed by atoms with Gasteiger partial charge in [0.25, 0.3) is 5.91 Å². The van der Waals surface area contributed by atoms with Crippen LogP contribution in [0.15, 0.2) is 54.2 Å². The minimum absolute atomic E-state index is 0.0578. The summed E-state index contributed by atoms with van der Waals surface area (Å²) in [6.45, 7) is 12.6. The van der Waals surface area contributed by atoms with Crippen LogP contribution in [-0.4, -0.2) is 125 Å². The summed E-state index contributed by atoms with van der Waals surface area (Å²) in [7, 11) is 0. The lowest BCUT2D eigenvalue weighted by Gasteiger charge is -2.35. The molecule has 4 amide bonds. The number of nitrogens with one attached hydrogen (secondary N) is 2. The Kier molecular flexibility index (Phi) is 17.7. The van der Waals surface area contributed by atoms with Gasteiger partial charge in [-0.1, -0.05) is 45.0 Å². The lowest BCUT2D eigenvalue weighted by atomic mass is 9.85. The van der Waals surface area contributed by atoms with E-state index in [0.717, 1.165) is 33.8 Å². The first-order valence-electron chi connectivity index (χ1n) is 22.8. The van der Waals surface area contributed by atoms with Crippen LogP contribution >= 0.6 is 23.6 Å². The van der Waals surface area contributed by atoms with E-state index in [9.17, 15) is 37.5 Å². The molecule has 0 saturated carbocycles. The van der Waals surface area contributed by atoms with Gasteiger partial charge >= 0.3 is 6.18 Å². The standard InChI is InChI=1S/C49H56F4N8O9S2/c1-28-20-33(61-46(71)60(45(66)48(61,6)7)35-13-12-32(22-54)38(39(35)50)49(51,52)53)24-56-43(28)70-19-18-68-15-14-67-16-17-69-26-37(63)58-41(47(3,4)5)44(65)59-25-34(62)21-36(59)42(64)55-23-30-8-10-31(11-9-30)40-29(2)57-27-72-40/h8-13,20,24,27,34,36,41,62H,14-19,21,23,25-26H2,1-7H3,(H,55,64)(H,58,63)/t34-,36+,41-/m1/s1. The number of nitrogens with zero attached hydrogens (tertiary/aromatic N) is 6. The predicted molar refractivity (Wildman–Crippen MR) is 261 cm³/mol. The lowest BCUT2D eigenvalue weighted by Crippen LogP contribution is -2.58. The summed E-state index contributed by atoms with van der Waals surface area (Å²) in [4.78, 5) is 67.0. The van der Waals surface area contributed by atoms with E-state index in [4.69, 9.17) is 36.4 Å². The van der Waals surface area contributed by atoms with Crippen molar-refractivity contribution < 1.29 is 60.8 Å². The van der Waals surface area contributed by atoms with Gasteiger partial charge in [-0.2, -0.15) is 18.4 Å². The van der Waals surface area contributed by atoms with Crippen LogP contribution < -0.4 is 25.2 Å². The molecule has 3 N–H and O–H groups in total. The Bertz CT molecular complexity index is 2690. The first-order chi connectivity index (χ1) is 33.9. The molecule has 2 saturated heterocycles. The van der Waals surface area contributed by atoms with Crippen molar-refractivity contribution in [2.24, 2.45) is 5.41 Å². The molecule has 72 heavy (non-hydrogen) atoms. The number of aliphatic hydroxyl groups excluding tert-OH is 1. The third kappa shape index (κ3) is 12.7. The zero-order valence-electron chi connectivity index (χ0n) is 40.7. The van der Waals surface area contributed by atoms with Crippen molar-refractivity contribution in [1.29, 1.82) is 5.26 Å². The third-order valence-electron chi connectivity index (χ3n) is 11.9. The molecular weight excluding hydrogens is 985 g/mol. The van der Waals surface area contributed by atoms with Crippen molar-refractivity contribution >= 4 is 63.7 Å². The van der Waals surface area contributed by atoms with Crippen LogP contribution in [0.3, 0.4) is 0 Å². The number of anilines is 2. The molecule has 2 fully saturated rings. The van der Waals surface area contributed by atoms with Crippen molar-refractivity contribution in [3.05, 3.63) is 87.9 Å². The largest absolute Gasteiger partial charge is 0.475 e. The molecule has 0 aliphatic carbocycles. The zero-order valence-corrected chi connectivity index (χ0v) is 42.4. The second-order valence-electron chi connectivity index (χ2n) is 18.6. The number of benzene rings is 2. The van der Waals surface area contributed by atoms with Crippen LogP contribution in [0.5, 0.6) is 5.88 Å². The summed E-state index contributed by atoms with van der Waals surface area (Å²) in [5, 5.41) is 25.1. The number of alkyl halides is 3. The summed E-state index contributed by atoms with van der Waals surface area (Å²) in [6.07, 6.45) is -4.70. The van der Waals surface area contributed by atoms with Crippen LogP contribution in [0, 0.1) is 36.4 Å². The molecule has 23 heteroatoms. The van der Waals surface area contributed by atoms with Crippen LogP contribution in [0.1, 0.15) is 69.0 Å². The molecule has 17 nitrogen and oxygen atoms in total. The van der Waals surface area contributed by atoms with Gasteiger partial charge in [-0.3, -0.25) is 24.1 Å². The summed E-state index contributed by atoms with van der Waals surface area (Å²) >= 11 is 7.06. The van der Waals surface area contributed by atoms with Gasteiger partial charge in [0.2, 0.25) is 23.6 Å². The molecule has 4 heterocycles. The summed E-state index contributed by atoms with van der Waals surface area (Å²) < 4.78 is 79.0. The number of aromatic nitrogens is 2. The fraction of sp³-hybridized carbons (Fsp3) is 0.469. The number of nitriles is 1. The van der Waals surface area contributed by atoms with Crippen LogP contribution in [0.2, 0.25) is 0 Å². The number of aliphatic hydroxyl groups is 1. The number of thiocarbonyl (C=S) groups is 1. The summed E-state index contributed by atoms with van der Waals surface area (Å²) in [5.74, 6) is -3.81. The Labute approximate surface area is 423 Å². The molecule has 0 radical (unpaired) electrons. The maximum Gasteiger partial charge on any atom is 0.420 e. The highest BCUT2D eigenvalue weighted by Crippen LogP contribution is 2.42. The number of carbonyl (C=O) groups is 4. The number of ether oxygens (including phenoxy) is 4. The molecule has 0 unspecified atom stereocenters. The molecule has 2 aromatic carbocycles. The fourth-order valence-electron chi connectivity index (χ4n) is 8.15. The molecule has 2 aliphatic rings. The average Bonchev–Trinajstić information content (AvgIpc) is 3.98. The first-order valence-corrected chi connectivity index (χ1v) is 24.1. The number of aryl methyl sites for hydroxylation is 2. The number of hydrogen-bond donors (Lipinski definition) is 3. The normalized spacial score (nSPS) is 17.3. The lowest BCUT2D eigenvalue weighted by molar-refractivity contribution is -0.144.